The first-order chi connectivity index (χ1) is 9.68. The first kappa shape index (κ1) is 15.5. The molecular weight excluding hydrogens is 273 g/mol. The van der Waals surface area contributed by atoms with Gasteiger partial charge in [-0.1, -0.05) is 20.8 Å². The normalized spacial score (nSPS) is 19.1. The third-order valence-electron chi connectivity index (χ3n) is 4.09. The molecule has 1 saturated heterocycles. The summed E-state index contributed by atoms with van der Waals surface area (Å²) in [5.74, 6) is -1.35. The van der Waals surface area contributed by atoms with E-state index >= 15 is 0 Å². The fourth-order valence-corrected chi connectivity index (χ4v) is 2.54. The van der Waals surface area contributed by atoms with Gasteiger partial charge in [-0.25, -0.2) is 9.18 Å². The van der Waals surface area contributed by atoms with Gasteiger partial charge >= 0.3 is 5.97 Å². The molecular formula is C16H20FNO3. The van der Waals surface area contributed by atoms with E-state index in [1.165, 1.54) is 12.1 Å². The van der Waals surface area contributed by atoms with Gasteiger partial charge in [0.25, 0.3) is 0 Å². The summed E-state index contributed by atoms with van der Waals surface area (Å²) in [6.45, 7) is 6.96. The van der Waals surface area contributed by atoms with E-state index in [9.17, 15) is 14.0 Å². The Labute approximate surface area is 123 Å². The van der Waals surface area contributed by atoms with Crippen LogP contribution < -0.4 is 0 Å². The van der Waals surface area contributed by atoms with Gasteiger partial charge in [0.1, 0.15) is 5.82 Å². The van der Waals surface area contributed by atoms with Crippen molar-refractivity contribution in [2.24, 2.45) is 11.3 Å². The van der Waals surface area contributed by atoms with E-state index in [0.29, 0.717) is 13.0 Å². The van der Waals surface area contributed by atoms with Gasteiger partial charge in [0.2, 0.25) is 5.91 Å². The van der Waals surface area contributed by atoms with Gasteiger partial charge in [-0.3, -0.25) is 4.79 Å². The lowest BCUT2D eigenvalue weighted by atomic mass is 9.80. The quantitative estimate of drug-likeness (QED) is 0.932. The van der Waals surface area contributed by atoms with Gasteiger partial charge in [-0.05, 0) is 29.5 Å². The maximum atomic E-state index is 13.8. The lowest BCUT2D eigenvalue weighted by molar-refractivity contribution is -0.128. The second-order valence-corrected chi connectivity index (χ2v) is 6.65. The Kier molecular flexibility index (Phi) is 4.03. The van der Waals surface area contributed by atoms with Crippen molar-refractivity contribution in [1.82, 2.24) is 4.90 Å². The van der Waals surface area contributed by atoms with Crippen LogP contribution in [-0.4, -0.2) is 28.4 Å². The van der Waals surface area contributed by atoms with Crippen molar-refractivity contribution in [3.05, 3.63) is 35.1 Å². The second-order valence-electron chi connectivity index (χ2n) is 6.65. The van der Waals surface area contributed by atoms with E-state index in [2.05, 4.69) is 20.8 Å². The molecule has 1 amide bonds. The molecule has 0 spiro atoms. The van der Waals surface area contributed by atoms with E-state index in [-0.39, 0.29) is 34.9 Å². The Bertz CT molecular complexity index is 577. The number of halogens is 1. The minimum absolute atomic E-state index is 0.00458. The minimum Gasteiger partial charge on any atom is -0.478 e. The van der Waals surface area contributed by atoms with Crippen LogP contribution in [0.2, 0.25) is 0 Å². The summed E-state index contributed by atoms with van der Waals surface area (Å²) in [6, 6.07) is 3.67. The number of carbonyl (C=O) groups excluding carboxylic acids is 1. The highest BCUT2D eigenvalue weighted by atomic mass is 19.1. The number of rotatable bonds is 3. The SMILES string of the molecule is CC(C)(C)C1CC(=O)N(Cc2cc(C(=O)O)ccc2F)C1. The molecule has 0 aromatic heterocycles. The Morgan fingerprint density at radius 1 is 1.43 bits per heavy atom. The van der Waals surface area contributed by atoms with Crippen LogP contribution in [0, 0.1) is 17.2 Å². The standard InChI is InChI=1S/C16H20FNO3/c1-16(2,3)12-7-14(19)18(9-12)8-11-6-10(15(20)21)4-5-13(11)17/h4-6,12H,7-9H2,1-3H3,(H,20,21). The molecule has 1 N–H and O–H groups in total. The maximum absolute atomic E-state index is 13.8. The summed E-state index contributed by atoms with van der Waals surface area (Å²) < 4.78 is 13.8. The van der Waals surface area contributed by atoms with Crippen LogP contribution in [0.15, 0.2) is 18.2 Å². The molecule has 4 nitrogen and oxygen atoms in total. The maximum Gasteiger partial charge on any atom is 0.335 e. The Morgan fingerprint density at radius 3 is 2.62 bits per heavy atom. The predicted molar refractivity (Wildman–Crippen MR) is 76.3 cm³/mol. The number of carboxylic acids is 1. The smallest absolute Gasteiger partial charge is 0.335 e. The van der Waals surface area contributed by atoms with E-state index in [4.69, 9.17) is 5.11 Å². The van der Waals surface area contributed by atoms with Gasteiger partial charge < -0.3 is 10.0 Å². The number of carbonyl (C=O) groups is 2. The van der Waals surface area contributed by atoms with Gasteiger partial charge in [-0.15, -0.1) is 0 Å². The predicted octanol–water partition coefficient (Wildman–Crippen LogP) is 2.92. The molecule has 0 aliphatic carbocycles. The Hall–Kier alpha value is -1.91. The number of likely N-dealkylation sites (tertiary alicyclic amines) is 1. The molecule has 1 aromatic carbocycles. The lowest BCUT2D eigenvalue weighted by Gasteiger charge is -2.26. The van der Waals surface area contributed by atoms with E-state index in [1.54, 1.807) is 4.90 Å². The van der Waals surface area contributed by atoms with Crippen LogP contribution in [0.5, 0.6) is 0 Å². The Balaban J connectivity index is 2.17. The van der Waals surface area contributed by atoms with Gasteiger partial charge in [-0.2, -0.15) is 0 Å². The van der Waals surface area contributed by atoms with Crippen molar-refractivity contribution in [1.29, 1.82) is 0 Å². The van der Waals surface area contributed by atoms with Crippen LogP contribution in [0.1, 0.15) is 43.1 Å². The molecule has 5 heteroatoms. The molecule has 0 bridgehead atoms. The fourth-order valence-electron chi connectivity index (χ4n) is 2.54. The fraction of sp³-hybridized carbons (Fsp3) is 0.500. The average Bonchev–Trinajstić information content (AvgIpc) is 2.73. The second kappa shape index (κ2) is 5.47. The van der Waals surface area contributed by atoms with Gasteiger partial charge in [0, 0.05) is 25.1 Å². The van der Waals surface area contributed by atoms with Crippen LogP contribution >= 0.6 is 0 Å². The summed E-state index contributed by atoms with van der Waals surface area (Å²) in [6.07, 6.45) is 0.462. The topological polar surface area (TPSA) is 57.6 Å². The summed E-state index contributed by atoms with van der Waals surface area (Å²) in [4.78, 5) is 24.6. The number of aromatic carboxylic acids is 1. The average molecular weight is 293 g/mol. The van der Waals surface area contributed by atoms with Crippen LogP contribution in [0.4, 0.5) is 4.39 Å². The minimum atomic E-state index is -1.10. The first-order valence-corrected chi connectivity index (χ1v) is 6.98. The number of carboxylic acid groups (broad SMARTS) is 1. The molecule has 1 fully saturated rings. The van der Waals surface area contributed by atoms with Crippen molar-refractivity contribution in [2.45, 2.75) is 33.7 Å². The third kappa shape index (κ3) is 3.40. The first-order valence-electron chi connectivity index (χ1n) is 6.98. The zero-order valence-corrected chi connectivity index (χ0v) is 12.5. The number of benzene rings is 1. The molecule has 1 atom stereocenters. The molecule has 2 rings (SSSR count). The summed E-state index contributed by atoms with van der Waals surface area (Å²) >= 11 is 0. The molecule has 114 valence electrons. The van der Waals surface area contributed by atoms with Crippen LogP contribution in [0.25, 0.3) is 0 Å². The molecule has 1 aliphatic rings. The molecule has 1 unspecified atom stereocenters. The summed E-state index contributed by atoms with van der Waals surface area (Å²) in [7, 11) is 0. The third-order valence-corrected chi connectivity index (χ3v) is 4.09. The largest absolute Gasteiger partial charge is 0.478 e. The lowest BCUT2D eigenvalue weighted by Crippen LogP contribution is -2.27. The molecule has 0 saturated carbocycles. The number of hydrogen-bond donors (Lipinski definition) is 1. The molecule has 1 aliphatic heterocycles. The van der Waals surface area contributed by atoms with Gasteiger partial charge in [0.15, 0.2) is 0 Å². The van der Waals surface area contributed by atoms with Crippen molar-refractivity contribution in [3.8, 4) is 0 Å². The molecule has 0 radical (unpaired) electrons. The van der Waals surface area contributed by atoms with Crippen LogP contribution in [-0.2, 0) is 11.3 Å². The van der Waals surface area contributed by atoms with Crippen molar-refractivity contribution in [3.63, 3.8) is 0 Å². The zero-order valence-electron chi connectivity index (χ0n) is 12.5. The Morgan fingerprint density at radius 2 is 2.10 bits per heavy atom. The highest BCUT2D eigenvalue weighted by molar-refractivity contribution is 5.87. The summed E-state index contributed by atoms with van der Waals surface area (Å²) in [5, 5.41) is 8.96. The number of hydrogen-bond acceptors (Lipinski definition) is 2. The van der Waals surface area contributed by atoms with E-state index in [1.807, 2.05) is 0 Å². The van der Waals surface area contributed by atoms with Crippen molar-refractivity contribution < 1.29 is 19.1 Å². The molecule has 1 heterocycles. The summed E-state index contributed by atoms with van der Waals surface area (Å²) in [5.41, 5.74) is 0.300. The number of amides is 1. The van der Waals surface area contributed by atoms with Gasteiger partial charge in [0.05, 0.1) is 5.56 Å². The van der Waals surface area contributed by atoms with Crippen LogP contribution in [0.3, 0.4) is 0 Å². The van der Waals surface area contributed by atoms with Crippen molar-refractivity contribution >= 4 is 11.9 Å². The molecule has 1 aromatic rings. The van der Waals surface area contributed by atoms with Crippen molar-refractivity contribution in [2.75, 3.05) is 6.54 Å². The highest BCUT2D eigenvalue weighted by Gasteiger charge is 2.36. The van der Waals surface area contributed by atoms with E-state index < -0.39 is 11.8 Å². The van der Waals surface area contributed by atoms with E-state index in [0.717, 1.165) is 6.07 Å². The number of nitrogens with zero attached hydrogens (tertiary/aromatic N) is 1. The zero-order chi connectivity index (χ0) is 15.8. The molecule has 21 heavy (non-hydrogen) atoms. The highest BCUT2D eigenvalue weighted by Crippen LogP contribution is 2.35. The monoisotopic (exact) mass is 293 g/mol.